The third kappa shape index (κ3) is 5.96. The summed E-state index contributed by atoms with van der Waals surface area (Å²) < 4.78 is 0. The minimum Gasteiger partial charge on any atom is -0.481 e. The second kappa shape index (κ2) is 9.15. The van der Waals surface area contributed by atoms with Gasteiger partial charge in [-0.1, -0.05) is 18.9 Å². The van der Waals surface area contributed by atoms with E-state index in [1.807, 2.05) is 6.92 Å². The number of nitrogens with one attached hydrogen (secondary N) is 2. The number of terminal acetylenes is 1. The molecule has 24 heavy (non-hydrogen) atoms. The standard InChI is InChI=1S/C16H20N4O4/c1-3-10(8-15(22)23)19-14(21)9-18-16(24)11(4-2)12-6-5-7-13(17)20-12/h1,5-7,10-11H,4,8-9H2,2H3,(H2,17,20)(H,18,24)(H,19,21)(H,22,23). The minimum absolute atomic E-state index is 0.307. The maximum Gasteiger partial charge on any atom is 0.306 e. The van der Waals surface area contributed by atoms with Crippen molar-refractivity contribution in [2.75, 3.05) is 12.3 Å². The zero-order chi connectivity index (χ0) is 18.1. The first-order chi connectivity index (χ1) is 11.4. The highest BCUT2D eigenvalue weighted by molar-refractivity contribution is 5.88. The molecule has 0 aromatic carbocycles. The normalized spacial score (nSPS) is 12.5. The van der Waals surface area contributed by atoms with E-state index in [1.165, 1.54) is 0 Å². The van der Waals surface area contributed by atoms with Crippen molar-refractivity contribution in [3.05, 3.63) is 23.9 Å². The van der Waals surface area contributed by atoms with Crippen molar-refractivity contribution in [1.82, 2.24) is 15.6 Å². The van der Waals surface area contributed by atoms with E-state index in [4.69, 9.17) is 17.3 Å². The molecule has 2 atom stereocenters. The lowest BCUT2D eigenvalue weighted by Crippen LogP contribution is -2.43. The van der Waals surface area contributed by atoms with Crippen LogP contribution >= 0.6 is 0 Å². The van der Waals surface area contributed by atoms with E-state index in [2.05, 4.69) is 21.5 Å². The van der Waals surface area contributed by atoms with Crippen molar-refractivity contribution < 1.29 is 19.5 Å². The van der Waals surface area contributed by atoms with Gasteiger partial charge in [0, 0.05) is 0 Å². The molecule has 0 saturated heterocycles. The van der Waals surface area contributed by atoms with Gasteiger partial charge in [-0.15, -0.1) is 6.42 Å². The van der Waals surface area contributed by atoms with E-state index >= 15 is 0 Å². The van der Waals surface area contributed by atoms with Gasteiger partial charge in [-0.25, -0.2) is 4.98 Å². The van der Waals surface area contributed by atoms with Gasteiger partial charge in [-0.2, -0.15) is 0 Å². The molecule has 128 valence electrons. The Labute approximate surface area is 139 Å². The lowest BCUT2D eigenvalue weighted by molar-refractivity contribution is -0.137. The summed E-state index contributed by atoms with van der Waals surface area (Å²) in [5.41, 5.74) is 6.13. The van der Waals surface area contributed by atoms with E-state index < -0.39 is 23.8 Å². The molecule has 2 unspecified atom stereocenters. The van der Waals surface area contributed by atoms with E-state index in [0.29, 0.717) is 17.9 Å². The zero-order valence-electron chi connectivity index (χ0n) is 13.3. The maximum atomic E-state index is 12.2. The van der Waals surface area contributed by atoms with Crippen LogP contribution in [0.2, 0.25) is 0 Å². The Morgan fingerprint density at radius 2 is 2.12 bits per heavy atom. The second-order valence-corrected chi connectivity index (χ2v) is 5.05. The number of nitrogen functional groups attached to an aromatic ring is 1. The number of carbonyl (C=O) groups is 3. The third-order valence-corrected chi connectivity index (χ3v) is 3.21. The molecule has 1 aromatic heterocycles. The van der Waals surface area contributed by atoms with Gasteiger partial charge in [-0.05, 0) is 18.6 Å². The van der Waals surface area contributed by atoms with Crippen LogP contribution in [-0.4, -0.2) is 40.5 Å². The highest BCUT2D eigenvalue weighted by Gasteiger charge is 2.21. The van der Waals surface area contributed by atoms with Crippen LogP contribution in [0.4, 0.5) is 5.82 Å². The Balaban J connectivity index is 2.59. The Bertz CT molecular complexity index is 654. The summed E-state index contributed by atoms with van der Waals surface area (Å²) in [5.74, 6) is -0.127. The van der Waals surface area contributed by atoms with Gasteiger partial charge < -0.3 is 21.5 Å². The summed E-state index contributed by atoms with van der Waals surface area (Å²) in [6, 6.07) is 4.07. The summed E-state index contributed by atoms with van der Waals surface area (Å²) in [6.45, 7) is 1.51. The van der Waals surface area contributed by atoms with Crippen LogP contribution in [0.25, 0.3) is 0 Å². The predicted molar refractivity (Wildman–Crippen MR) is 87.7 cm³/mol. The number of rotatable bonds is 8. The molecule has 5 N–H and O–H groups in total. The Morgan fingerprint density at radius 1 is 1.42 bits per heavy atom. The average Bonchev–Trinajstić information content (AvgIpc) is 2.52. The number of aliphatic carboxylic acids is 1. The molecule has 8 nitrogen and oxygen atoms in total. The molecule has 0 spiro atoms. The molecule has 0 radical (unpaired) electrons. The van der Waals surface area contributed by atoms with Crippen molar-refractivity contribution in [3.8, 4) is 12.3 Å². The van der Waals surface area contributed by atoms with E-state index in [-0.39, 0.29) is 18.9 Å². The number of nitrogens with two attached hydrogens (primary N) is 1. The van der Waals surface area contributed by atoms with Crippen molar-refractivity contribution in [3.63, 3.8) is 0 Å². The first kappa shape index (κ1) is 19.0. The maximum absolute atomic E-state index is 12.2. The van der Waals surface area contributed by atoms with Gasteiger partial charge in [-0.3, -0.25) is 14.4 Å². The molecular formula is C16H20N4O4. The molecule has 0 aliphatic rings. The number of aromatic nitrogens is 1. The van der Waals surface area contributed by atoms with Crippen LogP contribution in [0.15, 0.2) is 18.2 Å². The van der Waals surface area contributed by atoms with Gasteiger partial charge >= 0.3 is 5.97 Å². The number of carbonyl (C=O) groups excluding carboxylic acids is 2. The molecular weight excluding hydrogens is 312 g/mol. The monoisotopic (exact) mass is 332 g/mol. The molecule has 0 saturated carbocycles. The van der Waals surface area contributed by atoms with Crippen LogP contribution in [0, 0.1) is 12.3 Å². The van der Waals surface area contributed by atoms with Gasteiger partial charge in [0.05, 0.1) is 24.6 Å². The molecule has 1 aromatic rings. The fraction of sp³-hybridized carbons (Fsp3) is 0.375. The number of carboxylic acids is 1. The van der Waals surface area contributed by atoms with Crippen LogP contribution < -0.4 is 16.4 Å². The highest BCUT2D eigenvalue weighted by Crippen LogP contribution is 2.18. The van der Waals surface area contributed by atoms with Crippen molar-refractivity contribution in [2.24, 2.45) is 0 Å². The number of nitrogens with zero attached hydrogens (tertiary/aromatic N) is 1. The topological polar surface area (TPSA) is 134 Å². The minimum atomic E-state index is -1.12. The van der Waals surface area contributed by atoms with E-state index in [1.54, 1.807) is 18.2 Å². The summed E-state index contributed by atoms with van der Waals surface area (Å²) in [5, 5.41) is 13.5. The molecule has 2 amide bonds. The predicted octanol–water partition coefficient (Wildman–Crippen LogP) is -0.134. The number of hydrogen-bond donors (Lipinski definition) is 4. The summed E-state index contributed by atoms with van der Waals surface area (Å²) >= 11 is 0. The fourth-order valence-corrected chi connectivity index (χ4v) is 2.05. The number of hydrogen-bond acceptors (Lipinski definition) is 5. The van der Waals surface area contributed by atoms with Crippen LogP contribution in [-0.2, 0) is 14.4 Å². The van der Waals surface area contributed by atoms with Gasteiger partial charge in [0.15, 0.2) is 0 Å². The van der Waals surface area contributed by atoms with Crippen molar-refractivity contribution >= 4 is 23.6 Å². The molecule has 8 heteroatoms. The third-order valence-electron chi connectivity index (χ3n) is 3.21. The largest absolute Gasteiger partial charge is 0.481 e. The van der Waals surface area contributed by atoms with Crippen LogP contribution in [0.1, 0.15) is 31.4 Å². The summed E-state index contributed by atoms with van der Waals surface area (Å²) in [7, 11) is 0. The Hall–Kier alpha value is -3.08. The highest BCUT2D eigenvalue weighted by atomic mass is 16.4. The zero-order valence-corrected chi connectivity index (χ0v) is 13.3. The van der Waals surface area contributed by atoms with Crippen LogP contribution in [0.5, 0.6) is 0 Å². The smallest absolute Gasteiger partial charge is 0.306 e. The molecule has 0 bridgehead atoms. The number of carboxylic acid groups (broad SMARTS) is 1. The first-order valence-corrected chi connectivity index (χ1v) is 7.34. The number of amides is 2. The molecule has 0 aliphatic carbocycles. The average molecular weight is 332 g/mol. The second-order valence-electron chi connectivity index (χ2n) is 5.05. The molecule has 0 aliphatic heterocycles. The van der Waals surface area contributed by atoms with Gasteiger partial charge in [0.25, 0.3) is 0 Å². The van der Waals surface area contributed by atoms with E-state index in [0.717, 1.165) is 0 Å². The Kier molecular flexibility index (Phi) is 7.23. The first-order valence-electron chi connectivity index (χ1n) is 7.34. The fourth-order valence-electron chi connectivity index (χ4n) is 2.05. The SMILES string of the molecule is C#CC(CC(=O)O)NC(=O)CNC(=O)C(CC)c1cccc(N)n1. The summed E-state index contributed by atoms with van der Waals surface area (Å²) in [4.78, 5) is 38.7. The molecule has 1 heterocycles. The lowest BCUT2D eigenvalue weighted by Gasteiger charge is -2.16. The van der Waals surface area contributed by atoms with Gasteiger partial charge in [0.1, 0.15) is 11.9 Å². The van der Waals surface area contributed by atoms with Gasteiger partial charge in [0.2, 0.25) is 11.8 Å². The quantitative estimate of drug-likeness (QED) is 0.490. The van der Waals surface area contributed by atoms with Crippen molar-refractivity contribution in [2.45, 2.75) is 31.7 Å². The Morgan fingerprint density at radius 3 is 2.67 bits per heavy atom. The molecule has 0 fully saturated rings. The molecule has 1 rings (SSSR count). The summed E-state index contributed by atoms with van der Waals surface area (Å²) in [6.07, 6.45) is 5.24. The number of anilines is 1. The lowest BCUT2D eigenvalue weighted by atomic mass is 10.0. The van der Waals surface area contributed by atoms with Crippen molar-refractivity contribution in [1.29, 1.82) is 0 Å². The van der Waals surface area contributed by atoms with E-state index in [9.17, 15) is 14.4 Å². The number of pyridine rings is 1. The van der Waals surface area contributed by atoms with Crippen LogP contribution in [0.3, 0.4) is 0 Å².